The van der Waals surface area contributed by atoms with Crippen LogP contribution in [-0.2, 0) is 4.74 Å². The summed E-state index contributed by atoms with van der Waals surface area (Å²) in [6.07, 6.45) is -3.49. The van der Waals surface area contributed by atoms with Crippen LogP contribution >= 0.6 is 0 Å². The highest BCUT2D eigenvalue weighted by molar-refractivity contribution is 5.48. The predicted octanol–water partition coefficient (Wildman–Crippen LogP) is 7.82. The second-order valence-electron chi connectivity index (χ2n) is 13.3. The van der Waals surface area contributed by atoms with Gasteiger partial charge in [0.2, 0.25) is 0 Å². The zero-order valence-electron chi connectivity index (χ0n) is 32.1. The largest absolute Gasteiger partial charge is 0.493 e. The minimum Gasteiger partial charge on any atom is -0.493 e. The van der Waals surface area contributed by atoms with Gasteiger partial charge in [-0.2, -0.15) is 0 Å². The Morgan fingerprint density at radius 3 is 1.11 bits per heavy atom. The van der Waals surface area contributed by atoms with Gasteiger partial charge in [0.25, 0.3) is 0 Å². The van der Waals surface area contributed by atoms with E-state index in [9.17, 15) is 10.2 Å². The SMILES string of the molecule is COc1ccc([C@@H](O)[C@H](C)Oc2ccc([C@H]3O[C@@H](c4ccc(O[C@@H](C)[C@H](O)c5ccc(OC)c(OC)c5)c(OC)c4)[C@H](C)[C@@H]3C)cc2OC)cc1OC. The maximum atomic E-state index is 11.1. The van der Waals surface area contributed by atoms with Gasteiger partial charge < -0.3 is 52.8 Å². The molecule has 1 aliphatic heterocycles. The van der Waals surface area contributed by atoms with Crippen molar-refractivity contribution in [2.24, 2.45) is 11.8 Å². The second kappa shape index (κ2) is 17.3. The molecule has 1 fully saturated rings. The first-order chi connectivity index (χ1) is 25.5. The molecule has 286 valence electrons. The minimum atomic E-state index is -0.932. The summed E-state index contributed by atoms with van der Waals surface area (Å²) in [7, 11) is 9.43. The van der Waals surface area contributed by atoms with E-state index in [0.717, 1.165) is 11.1 Å². The molecule has 0 aromatic heterocycles. The van der Waals surface area contributed by atoms with E-state index in [-0.39, 0.29) is 24.0 Å². The molecule has 8 atom stereocenters. The molecule has 4 aromatic rings. The van der Waals surface area contributed by atoms with Gasteiger partial charge in [0.05, 0.1) is 54.9 Å². The normalized spacial score (nSPS) is 20.5. The molecule has 0 unspecified atom stereocenters. The Hall–Kier alpha value is -4.84. The first kappa shape index (κ1) is 39.4. The van der Waals surface area contributed by atoms with Crippen molar-refractivity contribution in [3.63, 3.8) is 0 Å². The summed E-state index contributed by atoms with van der Waals surface area (Å²) < 4.78 is 52.2. The number of rotatable bonds is 16. The first-order valence-electron chi connectivity index (χ1n) is 17.6. The molecule has 0 amide bonds. The summed E-state index contributed by atoms with van der Waals surface area (Å²) in [4.78, 5) is 0. The van der Waals surface area contributed by atoms with Crippen molar-refractivity contribution in [1.29, 1.82) is 0 Å². The summed E-state index contributed by atoms with van der Waals surface area (Å²) in [5.74, 6) is 4.62. The number of methoxy groups -OCH3 is 6. The van der Waals surface area contributed by atoms with Crippen LogP contribution in [-0.4, -0.2) is 65.1 Å². The molecule has 1 saturated heterocycles. The van der Waals surface area contributed by atoms with Crippen molar-refractivity contribution in [3.05, 3.63) is 95.1 Å². The molecule has 0 radical (unpaired) electrons. The van der Waals surface area contributed by atoms with E-state index in [0.29, 0.717) is 57.1 Å². The Morgan fingerprint density at radius 2 is 0.774 bits per heavy atom. The molecule has 1 heterocycles. The van der Waals surface area contributed by atoms with E-state index < -0.39 is 24.4 Å². The van der Waals surface area contributed by atoms with Gasteiger partial charge in [-0.3, -0.25) is 0 Å². The molecular weight excluding hydrogens is 680 g/mol. The molecule has 0 bridgehead atoms. The van der Waals surface area contributed by atoms with Crippen molar-refractivity contribution in [2.75, 3.05) is 42.7 Å². The Balaban J connectivity index is 1.29. The fourth-order valence-corrected chi connectivity index (χ4v) is 6.78. The average Bonchev–Trinajstić information content (AvgIpc) is 3.49. The molecule has 2 N–H and O–H groups in total. The number of aliphatic hydroxyl groups is 2. The summed E-state index contributed by atoms with van der Waals surface area (Å²) >= 11 is 0. The molecule has 5 rings (SSSR count). The van der Waals surface area contributed by atoms with Crippen LogP contribution in [0, 0.1) is 11.8 Å². The maximum absolute atomic E-state index is 11.1. The van der Waals surface area contributed by atoms with Gasteiger partial charge in [-0.05, 0) is 96.5 Å². The highest BCUT2D eigenvalue weighted by Crippen LogP contribution is 2.51. The Bertz CT molecular complexity index is 1700. The average molecular weight is 733 g/mol. The molecule has 11 heteroatoms. The second-order valence-corrected chi connectivity index (χ2v) is 13.3. The zero-order chi connectivity index (χ0) is 38.4. The summed E-state index contributed by atoms with van der Waals surface area (Å²) in [6, 6.07) is 22.1. The monoisotopic (exact) mass is 732 g/mol. The molecule has 11 nitrogen and oxygen atoms in total. The van der Waals surface area contributed by atoms with Gasteiger partial charge in [-0.15, -0.1) is 0 Å². The van der Waals surface area contributed by atoms with Crippen LogP contribution in [0.15, 0.2) is 72.8 Å². The van der Waals surface area contributed by atoms with E-state index in [4.69, 9.17) is 42.6 Å². The molecule has 0 spiro atoms. The first-order valence-corrected chi connectivity index (χ1v) is 17.6. The van der Waals surface area contributed by atoms with Crippen LogP contribution in [0.1, 0.15) is 74.4 Å². The number of hydrogen-bond donors (Lipinski definition) is 2. The Labute approximate surface area is 312 Å². The molecule has 1 aliphatic rings. The van der Waals surface area contributed by atoms with Crippen molar-refractivity contribution in [1.82, 2.24) is 0 Å². The maximum Gasteiger partial charge on any atom is 0.161 e. The third-order valence-corrected chi connectivity index (χ3v) is 10.1. The quantitative estimate of drug-likeness (QED) is 0.117. The van der Waals surface area contributed by atoms with Crippen molar-refractivity contribution in [2.45, 2.75) is 64.3 Å². The molecule has 4 aromatic carbocycles. The Morgan fingerprint density at radius 1 is 0.453 bits per heavy atom. The lowest BCUT2D eigenvalue weighted by atomic mass is 9.85. The predicted molar refractivity (Wildman–Crippen MR) is 200 cm³/mol. The summed E-state index contributed by atoms with van der Waals surface area (Å²) in [5.41, 5.74) is 3.18. The summed E-state index contributed by atoms with van der Waals surface area (Å²) in [5, 5.41) is 22.2. The van der Waals surface area contributed by atoms with Crippen LogP contribution < -0.4 is 37.9 Å². The Kier molecular flexibility index (Phi) is 12.9. The third-order valence-electron chi connectivity index (χ3n) is 10.1. The lowest BCUT2D eigenvalue weighted by Crippen LogP contribution is -2.22. The van der Waals surface area contributed by atoms with Crippen LogP contribution in [0.25, 0.3) is 0 Å². The lowest BCUT2D eigenvalue weighted by Gasteiger charge is -2.24. The van der Waals surface area contributed by atoms with Gasteiger partial charge in [-0.25, -0.2) is 0 Å². The molecule has 0 aliphatic carbocycles. The van der Waals surface area contributed by atoms with Crippen molar-refractivity contribution >= 4 is 0 Å². The van der Waals surface area contributed by atoms with Gasteiger partial charge in [0, 0.05) is 0 Å². The van der Waals surface area contributed by atoms with E-state index in [1.807, 2.05) is 36.4 Å². The highest BCUT2D eigenvalue weighted by Gasteiger charge is 2.41. The van der Waals surface area contributed by atoms with Gasteiger partial charge in [-0.1, -0.05) is 38.1 Å². The number of benzene rings is 4. The molecule has 0 saturated carbocycles. The van der Waals surface area contributed by atoms with Gasteiger partial charge in [0.1, 0.15) is 24.4 Å². The molecular formula is C42H52O11. The van der Waals surface area contributed by atoms with Crippen LogP contribution in [0.4, 0.5) is 0 Å². The number of aliphatic hydroxyl groups excluding tert-OH is 2. The van der Waals surface area contributed by atoms with Gasteiger partial charge >= 0.3 is 0 Å². The fourth-order valence-electron chi connectivity index (χ4n) is 6.78. The van der Waals surface area contributed by atoms with Crippen LogP contribution in [0.5, 0.6) is 46.0 Å². The van der Waals surface area contributed by atoms with E-state index in [1.165, 1.54) is 0 Å². The van der Waals surface area contributed by atoms with E-state index >= 15 is 0 Å². The van der Waals surface area contributed by atoms with Gasteiger partial charge in [0.15, 0.2) is 46.0 Å². The molecule has 53 heavy (non-hydrogen) atoms. The third kappa shape index (κ3) is 8.38. The van der Waals surface area contributed by atoms with Crippen LogP contribution in [0.2, 0.25) is 0 Å². The number of ether oxygens (including phenoxy) is 9. The topological polar surface area (TPSA) is 124 Å². The minimum absolute atomic E-state index is 0.167. The zero-order valence-corrected chi connectivity index (χ0v) is 32.1. The number of hydrogen-bond acceptors (Lipinski definition) is 11. The highest BCUT2D eigenvalue weighted by atomic mass is 16.5. The summed E-state index contributed by atoms with van der Waals surface area (Å²) in [6.45, 7) is 7.96. The van der Waals surface area contributed by atoms with E-state index in [1.54, 1.807) is 92.9 Å². The smallest absolute Gasteiger partial charge is 0.161 e. The fraction of sp³-hybridized carbons (Fsp3) is 0.429. The van der Waals surface area contributed by atoms with Crippen molar-refractivity contribution in [3.8, 4) is 46.0 Å². The lowest BCUT2D eigenvalue weighted by molar-refractivity contribution is 0.0281. The van der Waals surface area contributed by atoms with Crippen LogP contribution in [0.3, 0.4) is 0 Å². The van der Waals surface area contributed by atoms with Crippen molar-refractivity contribution < 1.29 is 52.8 Å². The van der Waals surface area contributed by atoms with E-state index in [2.05, 4.69) is 13.8 Å². The standard InChI is InChI=1S/C42H52O11/c1-23-24(2)42(30-14-18-34(38(22-30)50-10)52-26(4)40(44)28-12-16-32(46-6)36(20-28)48-8)53-41(23)29-13-17-33(37(21-29)49-9)51-25(3)39(43)27-11-15-31(45-5)35(19-27)47-7/h11-26,39-44H,1-10H3/t23-,24+,25-,26-,39-,40-,41-,42+/m0/s1.